The van der Waals surface area contributed by atoms with Gasteiger partial charge in [0.2, 0.25) is 0 Å². The smallest absolute Gasteiger partial charge is 0.318 e. The van der Waals surface area contributed by atoms with Gasteiger partial charge in [-0.1, -0.05) is 30.9 Å². The Balaban J connectivity index is 1.97. The summed E-state index contributed by atoms with van der Waals surface area (Å²) in [6.45, 7) is 2.90. The number of aromatic nitrogens is 2. The molecule has 0 radical (unpaired) electrons. The van der Waals surface area contributed by atoms with Crippen molar-refractivity contribution in [1.29, 1.82) is 0 Å². The van der Waals surface area contributed by atoms with E-state index in [1.54, 1.807) is 13.3 Å². The van der Waals surface area contributed by atoms with E-state index in [2.05, 4.69) is 20.2 Å². The van der Waals surface area contributed by atoms with Crippen LogP contribution in [0.5, 0.6) is 6.01 Å². The lowest BCUT2D eigenvalue weighted by Crippen LogP contribution is -2.62. The highest BCUT2D eigenvalue weighted by atomic mass is 35.5. The number of ether oxygens (including phenoxy) is 1. The fraction of sp³-hybridized carbons (Fsp3) is 0.714. The summed E-state index contributed by atoms with van der Waals surface area (Å²) in [5.41, 5.74) is 0.152. The largest absolute Gasteiger partial charge is 0.467 e. The Morgan fingerprint density at radius 1 is 1.35 bits per heavy atom. The summed E-state index contributed by atoms with van der Waals surface area (Å²) in [5.74, 6) is 0.821. The van der Waals surface area contributed by atoms with Crippen LogP contribution in [-0.2, 0) is 0 Å². The van der Waals surface area contributed by atoms with Gasteiger partial charge in [0, 0.05) is 19.6 Å². The molecular formula is C14H21ClN4O. The lowest BCUT2D eigenvalue weighted by atomic mass is 9.79. The van der Waals surface area contributed by atoms with Crippen LogP contribution < -0.4 is 15.0 Å². The van der Waals surface area contributed by atoms with Gasteiger partial charge in [-0.05, 0) is 12.8 Å². The summed E-state index contributed by atoms with van der Waals surface area (Å²) in [7, 11) is 1.58. The molecule has 1 aromatic heterocycles. The molecule has 0 atom stereocenters. The Morgan fingerprint density at radius 2 is 2.15 bits per heavy atom. The minimum Gasteiger partial charge on any atom is -0.467 e. The summed E-state index contributed by atoms with van der Waals surface area (Å²) in [4.78, 5) is 11.0. The van der Waals surface area contributed by atoms with Crippen LogP contribution in [0.15, 0.2) is 6.20 Å². The van der Waals surface area contributed by atoms with Crippen molar-refractivity contribution >= 4 is 17.4 Å². The number of nitrogens with one attached hydrogen (secondary N) is 1. The van der Waals surface area contributed by atoms with E-state index in [0.29, 0.717) is 11.0 Å². The molecule has 110 valence electrons. The number of nitrogens with zero attached hydrogens (tertiary/aromatic N) is 3. The van der Waals surface area contributed by atoms with Crippen LogP contribution in [0.1, 0.15) is 32.1 Å². The quantitative estimate of drug-likeness (QED) is 0.907. The zero-order valence-electron chi connectivity index (χ0n) is 11.9. The maximum Gasteiger partial charge on any atom is 0.318 e. The van der Waals surface area contributed by atoms with Gasteiger partial charge < -0.3 is 15.0 Å². The van der Waals surface area contributed by atoms with Crippen LogP contribution in [-0.4, -0.2) is 42.3 Å². The molecule has 1 aliphatic carbocycles. The summed E-state index contributed by atoms with van der Waals surface area (Å²) in [6.07, 6.45) is 7.92. The van der Waals surface area contributed by atoms with Gasteiger partial charge in [0.15, 0.2) is 5.82 Å². The number of hydrogen-bond donors (Lipinski definition) is 1. The molecule has 5 nitrogen and oxygen atoms in total. The highest BCUT2D eigenvalue weighted by Gasteiger charge is 2.41. The predicted molar refractivity (Wildman–Crippen MR) is 79.6 cm³/mol. The number of halogens is 1. The average Bonchev–Trinajstić information content (AvgIpc) is 2.49. The number of hydrogen-bond acceptors (Lipinski definition) is 5. The Morgan fingerprint density at radius 3 is 2.90 bits per heavy atom. The van der Waals surface area contributed by atoms with Crippen molar-refractivity contribution in [2.45, 2.75) is 37.6 Å². The fourth-order valence-electron chi connectivity index (χ4n) is 3.46. The fourth-order valence-corrected chi connectivity index (χ4v) is 3.65. The SMILES string of the molecule is COc1ncc(Cl)c(N2CCNCC23CCCCC3)n1. The Kier molecular flexibility index (Phi) is 3.98. The van der Waals surface area contributed by atoms with Crippen molar-refractivity contribution in [2.24, 2.45) is 0 Å². The van der Waals surface area contributed by atoms with Crippen LogP contribution in [0.25, 0.3) is 0 Å². The highest BCUT2D eigenvalue weighted by molar-refractivity contribution is 6.32. The van der Waals surface area contributed by atoms with Crippen molar-refractivity contribution in [2.75, 3.05) is 31.6 Å². The first-order valence-corrected chi connectivity index (χ1v) is 7.68. The first-order valence-electron chi connectivity index (χ1n) is 7.30. The van der Waals surface area contributed by atoms with Gasteiger partial charge >= 0.3 is 6.01 Å². The second-order valence-corrected chi connectivity index (χ2v) is 6.05. The molecule has 2 fully saturated rings. The van der Waals surface area contributed by atoms with Crippen LogP contribution in [0, 0.1) is 0 Å². The molecule has 0 bridgehead atoms. The molecule has 1 aromatic rings. The monoisotopic (exact) mass is 296 g/mol. The van der Waals surface area contributed by atoms with Crippen molar-refractivity contribution in [3.8, 4) is 6.01 Å². The molecule has 6 heteroatoms. The molecular weight excluding hydrogens is 276 g/mol. The van der Waals surface area contributed by atoms with Gasteiger partial charge in [0.25, 0.3) is 0 Å². The molecule has 2 heterocycles. The first-order chi connectivity index (χ1) is 9.75. The molecule has 1 aliphatic heterocycles. The van der Waals surface area contributed by atoms with Gasteiger partial charge in [0.1, 0.15) is 5.02 Å². The molecule has 2 aliphatic rings. The summed E-state index contributed by atoms with van der Waals surface area (Å²) in [5, 5.41) is 4.14. The molecule has 1 spiro atoms. The number of methoxy groups -OCH3 is 1. The predicted octanol–water partition coefficient (Wildman–Crippen LogP) is 2.25. The van der Waals surface area contributed by atoms with Gasteiger partial charge in [-0.3, -0.25) is 0 Å². The third kappa shape index (κ3) is 2.44. The summed E-state index contributed by atoms with van der Waals surface area (Å²) >= 11 is 6.35. The molecule has 3 rings (SSSR count). The third-order valence-corrected chi connectivity index (χ3v) is 4.73. The Hall–Kier alpha value is -1.07. The van der Waals surface area contributed by atoms with Gasteiger partial charge in [-0.25, -0.2) is 4.98 Å². The number of anilines is 1. The number of rotatable bonds is 2. The van der Waals surface area contributed by atoms with Crippen molar-refractivity contribution in [1.82, 2.24) is 15.3 Å². The second kappa shape index (κ2) is 5.74. The van der Waals surface area contributed by atoms with Crippen molar-refractivity contribution in [3.05, 3.63) is 11.2 Å². The average molecular weight is 297 g/mol. The highest BCUT2D eigenvalue weighted by Crippen LogP contribution is 2.39. The van der Waals surface area contributed by atoms with Crippen molar-refractivity contribution < 1.29 is 4.74 Å². The minimum atomic E-state index is 0.152. The Bertz CT molecular complexity index is 468. The third-order valence-electron chi connectivity index (χ3n) is 4.46. The minimum absolute atomic E-state index is 0.152. The van der Waals surface area contributed by atoms with E-state index in [0.717, 1.165) is 25.5 Å². The van der Waals surface area contributed by atoms with E-state index in [1.807, 2.05) is 0 Å². The van der Waals surface area contributed by atoms with E-state index >= 15 is 0 Å². The van der Waals surface area contributed by atoms with Crippen LogP contribution in [0.2, 0.25) is 5.02 Å². The van der Waals surface area contributed by atoms with E-state index in [1.165, 1.54) is 32.1 Å². The van der Waals surface area contributed by atoms with E-state index in [-0.39, 0.29) is 5.54 Å². The van der Waals surface area contributed by atoms with Crippen molar-refractivity contribution in [3.63, 3.8) is 0 Å². The van der Waals surface area contributed by atoms with Crippen LogP contribution in [0.4, 0.5) is 5.82 Å². The van der Waals surface area contributed by atoms with Gasteiger partial charge in [-0.15, -0.1) is 0 Å². The number of piperazine rings is 1. The zero-order chi connectivity index (χ0) is 14.0. The lowest BCUT2D eigenvalue weighted by Gasteiger charge is -2.50. The molecule has 0 amide bonds. The Labute approximate surface area is 124 Å². The van der Waals surface area contributed by atoms with Crippen LogP contribution in [0.3, 0.4) is 0 Å². The summed E-state index contributed by atoms with van der Waals surface area (Å²) < 4.78 is 5.15. The summed E-state index contributed by atoms with van der Waals surface area (Å²) in [6, 6.07) is 0.383. The molecule has 20 heavy (non-hydrogen) atoms. The molecule has 1 saturated carbocycles. The lowest BCUT2D eigenvalue weighted by molar-refractivity contribution is 0.239. The maximum absolute atomic E-state index is 6.35. The zero-order valence-corrected chi connectivity index (χ0v) is 12.6. The first kappa shape index (κ1) is 13.9. The topological polar surface area (TPSA) is 50.3 Å². The van der Waals surface area contributed by atoms with E-state index < -0.39 is 0 Å². The van der Waals surface area contributed by atoms with Gasteiger partial charge in [0.05, 0.1) is 18.8 Å². The van der Waals surface area contributed by atoms with E-state index in [4.69, 9.17) is 16.3 Å². The normalized spacial score (nSPS) is 22.0. The molecule has 1 N–H and O–H groups in total. The standard InChI is InChI=1S/C14H21ClN4O/c1-20-13-17-9-11(15)12(18-13)19-8-7-16-10-14(19)5-3-2-4-6-14/h9,16H,2-8,10H2,1H3. The molecule has 0 aromatic carbocycles. The van der Waals surface area contributed by atoms with Crippen LogP contribution >= 0.6 is 11.6 Å². The molecule has 0 unspecified atom stereocenters. The van der Waals surface area contributed by atoms with Gasteiger partial charge in [-0.2, -0.15) is 4.98 Å². The maximum atomic E-state index is 6.35. The molecule has 1 saturated heterocycles. The van der Waals surface area contributed by atoms with E-state index in [9.17, 15) is 0 Å². The second-order valence-electron chi connectivity index (χ2n) is 5.64.